The van der Waals surface area contributed by atoms with Crippen LogP contribution in [0.1, 0.15) is 28.4 Å². The van der Waals surface area contributed by atoms with Gasteiger partial charge in [0.1, 0.15) is 11.5 Å². The van der Waals surface area contributed by atoms with Gasteiger partial charge in [0.05, 0.1) is 37.3 Å². The van der Waals surface area contributed by atoms with E-state index < -0.39 is 12.0 Å². The van der Waals surface area contributed by atoms with Crippen LogP contribution in [0, 0.1) is 5.92 Å². The average Bonchev–Trinajstić information content (AvgIpc) is 2.89. The molecule has 2 amide bonds. The van der Waals surface area contributed by atoms with Crippen molar-refractivity contribution < 1.29 is 24.2 Å². The van der Waals surface area contributed by atoms with Crippen LogP contribution in [0.2, 0.25) is 0 Å². The van der Waals surface area contributed by atoms with Gasteiger partial charge in [-0.05, 0) is 48.2 Å². The average molecular weight is 504 g/mol. The molecule has 5 rings (SSSR count). The monoisotopic (exact) mass is 503 g/mol. The number of benzene rings is 2. The van der Waals surface area contributed by atoms with E-state index >= 15 is 0 Å². The summed E-state index contributed by atoms with van der Waals surface area (Å²) in [4.78, 5) is 39.1. The van der Waals surface area contributed by atoms with Gasteiger partial charge in [-0.15, -0.1) is 0 Å². The molecule has 10 heteroatoms. The summed E-state index contributed by atoms with van der Waals surface area (Å²) in [7, 11) is 3.02. The van der Waals surface area contributed by atoms with Crippen molar-refractivity contribution in [3.8, 4) is 11.5 Å². The normalized spacial score (nSPS) is 17.9. The maximum Gasteiger partial charge on any atom is 0.323 e. The first-order chi connectivity index (χ1) is 17.9. The van der Waals surface area contributed by atoms with Crippen LogP contribution in [0.3, 0.4) is 0 Å². The molecule has 3 aromatic rings. The SMILES string of the molecule is COc1ccc(NC(=O)Nc2cc(C(=O)[O-])ccc2N2CC3CC(C2)c2cccc(=O)n2C3)c(OC)c1. The molecule has 2 unspecified atom stereocenters. The molecule has 2 bridgehead atoms. The molecule has 1 saturated heterocycles. The number of hydrogen-bond donors (Lipinski definition) is 2. The zero-order valence-corrected chi connectivity index (χ0v) is 20.5. The zero-order chi connectivity index (χ0) is 26.1. The molecule has 192 valence electrons. The van der Waals surface area contributed by atoms with Crippen LogP contribution in [0.4, 0.5) is 21.9 Å². The molecule has 0 radical (unpaired) electrons. The minimum absolute atomic E-state index is 0.00643. The Labute approximate surface area is 213 Å². The fourth-order valence-electron chi connectivity index (χ4n) is 5.31. The number of carbonyl (C=O) groups is 2. The van der Waals surface area contributed by atoms with E-state index in [0.717, 1.165) is 12.1 Å². The van der Waals surface area contributed by atoms with Crippen molar-refractivity contribution in [1.82, 2.24) is 4.57 Å². The number of methoxy groups -OCH3 is 2. The second kappa shape index (κ2) is 9.88. The summed E-state index contributed by atoms with van der Waals surface area (Å²) in [5, 5.41) is 17.1. The number of carbonyl (C=O) groups excluding carboxylic acids is 2. The van der Waals surface area contributed by atoms with Gasteiger partial charge in [0.15, 0.2) is 0 Å². The van der Waals surface area contributed by atoms with Crippen molar-refractivity contribution in [2.24, 2.45) is 5.92 Å². The third-order valence-corrected chi connectivity index (χ3v) is 6.96. The maximum absolute atomic E-state index is 13.0. The summed E-state index contributed by atoms with van der Waals surface area (Å²) >= 11 is 0. The minimum Gasteiger partial charge on any atom is -0.545 e. The number of piperidine rings is 1. The number of nitrogens with zero attached hydrogens (tertiary/aromatic N) is 2. The number of rotatable bonds is 6. The summed E-state index contributed by atoms with van der Waals surface area (Å²) in [6.07, 6.45) is 0.970. The number of urea groups is 1. The molecule has 2 aliphatic rings. The van der Waals surface area contributed by atoms with Crippen LogP contribution >= 0.6 is 0 Å². The summed E-state index contributed by atoms with van der Waals surface area (Å²) in [6.45, 7) is 1.93. The summed E-state index contributed by atoms with van der Waals surface area (Å²) in [6, 6.07) is 14.3. The molecule has 0 saturated carbocycles. The lowest BCUT2D eigenvalue weighted by atomic mass is 9.83. The number of fused-ring (bicyclic) bond motifs is 4. The van der Waals surface area contributed by atoms with Crippen molar-refractivity contribution in [2.45, 2.75) is 18.9 Å². The van der Waals surface area contributed by atoms with Crippen molar-refractivity contribution in [3.05, 3.63) is 76.2 Å². The van der Waals surface area contributed by atoms with E-state index in [1.165, 1.54) is 26.4 Å². The van der Waals surface area contributed by atoms with Crippen LogP contribution in [0.15, 0.2) is 59.4 Å². The Morgan fingerprint density at radius 1 is 0.946 bits per heavy atom. The summed E-state index contributed by atoms with van der Waals surface area (Å²) in [5.74, 6) is 0.0442. The standard InChI is InChI=1S/C27H28N4O6/c1-36-19-7-8-20(24(12-19)37-2)28-27(35)29-21-11-17(26(33)34)6-9-23(21)30-13-16-10-18(15-30)22-4-3-5-25(32)31(22)14-16/h3-9,11-12,16,18H,10,13-15H2,1-2H3,(H,33,34)(H2,28,29,35)/p-1. The number of hydrogen-bond acceptors (Lipinski definition) is 7. The van der Waals surface area contributed by atoms with Gasteiger partial charge in [-0.1, -0.05) is 12.1 Å². The minimum atomic E-state index is -1.34. The highest BCUT2D eigenvalue weighted by Crippen LogP contribution is 2.39. The Bertz CT molecular complexity index is 1420. The van der Waals surface area contributed by atoms with Crippen molar-refractivity contribution in [3.63, 3.8) is 0 Å². The second-order valence-corrected chi connectivity index (χ2v) is 9.27. The molecule has 1 aromatic heterocycles. The van der Waals surface area contributed by atoms with Gasteiger partial charge in [0.25, 0.3) is 5.56 Å². The molecule has 0 aliphatic carbocycles. The smallest absolute Gasteiger partial charge is 0.323 e. The van der Waals surface area contributed by atoms with E-state index in [0.29, 0.717) is 48.2 Å². The number of aromatic nitrogens is 1. The highest BCUT2D eigenvalue weighted by Gasteiger charge is 2.35. The zero-order valence-electron chi connectivity index (χ0n) is 20.5. The van der Waals surface area contributed by atoms with Gasteiger partial charge in [-0.3, -0.25) is 4.79 Å². The van der Waals surface area contributed by atoms with E-state index in [9.17, 15) is 19.5 Å². The third kappa shape index (κ3) is 4.82. The number of ether oxygens (including phenoxy) is 2. The number of carboxylic acid groups (broad SMARTS) is 1. The van der Waals surface area contributed by atoms with Crippen molar-refractivity contribution in [1.29, 1.82) is 0 Å². The number of pyridine rings is 1. The van der Waals surface area contributed by atoms with Gasteiger partial charge >= 0.3 is 6.03 Å². The molecule has 3 heterocycles. The van der Waals surface area contributed by atoms with E-state index in [2.05, 4.69) is 15.5 Å². The van der Waals surface area contributed by atoms with Crippen LogP contribution < -0.4 is 35.7 Å². The second-order valence-electron chi connectivity index (χ2n) is 9.27. The molecule has 0 spiro atoms. The number of aromatic carboxylic acids is 1. The lowest BCUT2D eigenvalue weighted by molar-refractivity contribution is -0.255. The Morgan fingerprint density at radius 2 is 1.76 bits per heavy atom. The first-order valence-corrected chi connectivity index (χ1v) is 12.0. The van der Waals surface area contributed by atoms with E-state index in [1.807, 2.05) is 10.6 Å². The van der Waals surface area contributed by atoms with Gasteiger partial charge in [-0.2, -0.15) is 0 Å². The molecule has 2 N–H and O–H groups in total. The van der Waals surface area contributed by atoms with Crippen LogP contribution in [-0.2, 0) is 6.54 Å². The molecule has 10 nitrogen and oxygen atoms in total. The van der Waals surface area contributed by atoms with Gasteiger partial charge < -0.3 is 39.5 Å². The first kappa shape index (κ1) is 24.2. The molecular formula is C27H27N4O6-. The van der Waals surface area contributed by atoms with Crippen LogP contribution in [0.25, 0.3) is 0 Å². The van der Waals surface area contributed by atoms with Gasteiger partial charge in [0.2, 0.25) is 0 Å². The molecule has 2 aromatic carbocycles. The van der Waals surface area contributed by atoms with Crippen molar-refractivity contribution >= 4 is 29.1 Å². The van der Waals surface area contributed by atoms with Crippen LogP contribution in [0.5, 0.6) is 11.5 Å². The van der Waals surface area contributed by atoms with Gasteiger partial charge in [-0.25, -0.2) is 4.79 Å². The molecule has 37 heavy (non-hydrogen) atoms. The van der Waals surface area contributed by atoms with Gasteiger partial charge in [0, 0.05) is 43.4 Å². The van der Waals surface area contributed by atoms with Crippen LogP contribution in [-0.4, -0.2) is 43.9 Å². The molecule has 2 atom stereocenters. The fourth-order valence-corrected chi connectivity index (χ4v) is 5.31. The molecule has 1 fully saturated rings. The maximum atomic E-state index is 13.0. The quantitative estimate of drug-likeness (QED) is 0.530. The number of carboxylic acids is 1. The lowest BCUT2D eigenvalue weighted by Crippen LogP contribution is -2.47. The van der Waals surface area contributed by atoms with Crippen molar-refractivity contribution in [2.75, 3.05) is 42.8 Å². The summed E-state index contributed by atoms with van der Waals surface area (Å²) < 4.78 is 12.4. The largest absolute Gasteiger partial charge is 0.545 e. The topological polar surface area (TPSA) is 125 Å². The third-order valence-electron chi connectivity index (χ3n) is 6.96. The molecule has 2 aliphatic heterocycles. The predicted molar refractivity (Wildman–Crippen MR) is 137 cm³/mol. The Hall–Kier alpha value is -4.47. The predicted octanol–water partition coefficient (Wildman–Crippen LogP) is 2.50. The summed E-state index contributed by atoms with van der Waals surface area (Å²) in [5.41, 5.74) is 2.43. The first-order valence-electron chi connectivity index (χ1n) is 12.0. The van der Waals surface area contributed by atoms with E-state index in [-0.39, 0.29) is 23.0 Å². The highest BCUT2D eigenvalue weighted by atomic mass is 16.5. The molecular weight excluding hydrogens is 476 g/mol. The Balaban J connectivity index is 1.42. The lowest BCUT2D eigenvalue weighted by Gasteiger charge is -2.44. The number of anilines is 3. The van der Waals surface area contributed by atoms with E-state index in [1.54, 1.807) is 36.4 Å². The highest BCUT2D eigenvalue weighted by molar-refractivity contribution is 6.03. The fraction of sp³-hybridized carbons (Fsp3) is 0.296. The van der Waals surface area contributed by atoms with E-state index in [4.69, 9.17) is 9.47 Å². The Kier molecular flexibility index (Phi) is 6.47. The number of amides is 2. The Morgan fingerprint density at radius 3 is 2.51 bits per heavy atom. The number of nitrogens with one attached hydrogen (secondary N) is 2.